The Hall–Kier alpha value is -2.03. The molecule has 2 aromatic carbocycles. The smallest absolute Gasteiger partial charge is 0.194 e. The van der Waals surface area contributed by atoms with Crippen molar-refractivity contribution in [2.75, 3.05) is 45.2 Å². The van der Waals surface area contributed by atoms with E-state index in [1.165, 1.54) is 17.8 Å². The molecule has 146 valence electrons. The fraction of sp³-hybridized carbons (Fsp3) is 0.350. The van der Waals surface area contributed by atoms with E-state index in [4.69, 9.17) is 4.74 Å². The summed E-state index contributed by atoms with van der Waals surface area (Å²) in [6.07, 6.45) is 0. The van der Waals surface area contributed by atoms with Crippen LogP contribution in [0, 0.1) is 5.82 Å². The Bertz CT molecular complexity index is 746. The average molecular weight is 484 g/mol. The van der Waals surface area contributed by atoms with Crippen LogP contribution in [-0.2, 0) is 6.54 Å². The van der Waals surface area contributed by atoms with Gasteiger partial charge in [0.15, 0.2) is 5.96 Å². The molecule has 1 N–H and O–H groups in total. The molecule has 3 rings (SSSR count). The standard InChI is InChI=1S/C20H25FN4O.HI/c1-22-20(23-15-16-6-8-17(21)9-7-16)25-12-10-24(11-13-25)18-4-3-5-19(14-18)26-2;/h3-9,14H,10-13,15H2,1-2H3,(H,22,23);1H. The highest BCUT2D eigenvalue weighted by atomic mass is 127. The minimum Gasteiger partial charge on any atom is -0.497 e. The van der Waals surface area contributed by atoms with Gasteiger partial charge in [0.25, 0.3) is 0 Å². The first kappa shape index (κ1) is 21.3. The molecule has 1 fully saturated rings. The van der Waals surface area contributed by atoms with Gasteiger partial charge in [0, 0.05) is 51.5 Å². The molecular formula is C20H26FIN4O. The lowest BCUT2D eigenvalue weighted by Gasteiger charge is -2.37. The van der Waals surface area contributed by atoms with Crippen molar-refractivity contribution >= 4 is 35.6 Å². The second kappa shape index (κ2) is 10.3. The zero-order valence-electron chi connectivity index (χ0n) is 15.7. The number of hydrogen-bond donors (Lipinski definition) is 1. The van der Waals surface area contributed by atoms with Crippen LogP contribution in [0.4, 0.5) is 10.1 Å². The van der Waals surface area contributed by atoms with E-state index in [9.17, 15) is 4.39 Å². The number of methoxy groups -OCH3 is 1. The van der Waals surface area contributed by atoms with Gasteiger partial charge in [0.2, 0.25) is 0 Å². The highest BCUT2D eigenvalue weighted by molar-refractivity contribution is 14.0. The van der Waals surface area contributed by atoms with Crippen molar-refractivity contribution in [2.45, 2.75) is 6.54 Å². The van der Waals surface area contributed by atoms with Crippen LogP contribution in [0.5, 0.6) is 5.75 Å². The Labute approximate surface area is 177 Å². The summed E-state index contributed by atoms with van der Waals surface area (Å²) in [4.78, 5) is 8.99. The van der Waals surface area contributed by atoms with E-state index >= 15 is 0 Å². The number of nitrogens with one attached hydrogen (secondary N) is 1. The van der Waals surface area contributed by atoms with Crippen LogP contribution in [0.2, 0.25) is 0 Å². The molecule has 27 heavy (non-hydrogen) atoms. The number of piperazine rings is 1. The van der Waals surface area contributed by atoms with Gasteiger partial charge in [0.1, 0.15) is 11.6 Å². The number of aliphatic imine (C=N–C) groups is 1. The highest BCUT2D eigenvalue weighted by Gasteiger charge is 2.20. The van der Waals surface area contributed by atoms with Crippen molar-refractivity contribution in [1.82, 2.24) is 10.2 Å². The van der Waals surface area contributed by atoms with E-state index in [1.54, 1.807) is 26.3 Å². The van der Waals surface area contributed by atoms with Gasteiger partial charge >= 0.3 is 0 Å². The molecule has 0 spiro atoms. The number of ether oxygens (including phenoxy) is 1. The summed E-state index contributed by atoms with van der Waals surface area (Å²) in [6, 6.07) is 14.7. The molecule has 0 aromatic heterocycles. The topological polar surface area (TPSA) is 40.1 Å². The SMILES string of the molecule is CN=C(NCc1ccc(F)cc1)N1CCN(c2cccc(OC)c2)CC1.I. The summed E-state index contributed by atoms with van der Waals surface area (Å²) >= 11 is 0. The number of nitrogens with zero attached hydrogens (tertiary/aromatic N) is 3. The van der Waals surface area contributed by atoms with E-state index in [0.29, 0.717) is 6.54 Å². The van der Waals surface area contributed by atoms with Crippen LogP contribution < -0.4 is 15.0 Å². The maximum Gasteiger partial charge on any atom is 0.194 e. The van der Waals surface area contributed by atoms with Crippen molar-refractivity contribution in [3.05, 3.63) is 59.9 Å². The molecule has 5 nitrogen and oxygen atoms in total. The van der Waals surface area contributed by atoms with Crippen LogP contribution in [0.1, 0.15) is 5.56 Å². The van der Waals surface area contributed by atoms with Gasteiger partial charge in [-0.05, 0) is 29.8 Å². The molecule has 0 bridgehead atoms. The summed E-state index contributed by atoms with van der Waals surface area (Å²) in [6.45, 7) is 4.25. The van der Waals surface area contributed by atoms with E-state index in [1.807, 2.05) is 12.1 Å². The first-order valence-corrected chi connectivity index (χ1v) is 8.78. The fourth-order valence-electron chi connectivity index (χ4n) is 3.10. The zero-order chi connectivity index (χ0) is 18.4. The van der Waals surface area contributed by atoms with Crippen molar-refractivity contribution in [3.63, 3.8) is 0 Å². The van der Waals surface area contributed by atoms with Crippen LogP contribution in [0.3, 0.4) is 0 Å². The fourth-order valence-corrected chi connectivity index (χ4v) is 3.10. The van der Waals surface area contributed by atoms with Gasteiger partial charge in [-0.25, -0.2) is 4.39 Å². The lowest BCUT2D eigenvalue weighted by molar-refractivity contribution is 0.372. The maximum atomic E-state index is 13.0. The molecule has 0 aliphatic carbocycles. The molecule has 0 atom stereocenters. The molecular weight excluding hydrogens is 458 g/mol. The summed E-state index contributed by atoms with van der Waals surface area (Å²) in [5.74, 6) is 1.54. The van der Waals surface area contributed by atoms with Crippen LogP contribution in [0.25, 0.3) is 0 Å². The third-order valence-corrected chi connectivity index (χ3v) is 4.57. The molecule has 1 aliphatic rings. The Kier molecular flexibility index (Phi) is 8.15. The number of guanidine groups is 1. The molecule has 0 amide bonds. The maximum absolute atomic E-state index is 13.0. The average Bonchev–Trinajstić information content (AvgIpc) is 2.70. The summed E-state index contributed by atoms with van der Waals surface area (Å²) in [5, 5.41) is 3.36. The Morgan fingerprint density at radius 1 is 1.11 bits per heavy atom. The predicted molar refractivity (Wildman–Crippen MR) is 119 cm³/mol. The number of anilines is 1. The first-order chi connectivity index (χ1) is 12.7. The van der Waals surface area contributed by atoms with Crippen LogP contribution in [0.15, 0.2) is 53.5 Å². The minimum absolute atomic E-state index is 0. The Balaban J connectivity index is 0.00000261. The second-order valence-corrected chi connectivity index (χ2v) is 6.20. The van der Waals surface area contributed by atoms with E-state index < -0.39 is 0 Å². The van der Waals surface area contributed by atoms with Gasteiger partial charge in [-0.1, -0.05) is 18.2 Å². The molecule has 1 heterocycles. The first-order valence-electron chi connectivity index (χ1n) is 8.78. The highest BCUT2D eigenvalue weighted by Crippen LogP contribution is 2.22. The quantitative estimate of drug-likeness (QED) is 0.411. The normalized spacial score (nSPS) is 14.6. The number of hydrogen-bond acceptors (Lipinski definition) is 3. The second-order valence-electron chi connectivity index (χ2n) is 6.20. The zero-order valence-corrected chi connectivity index (χ0v) is 18.0. The van der Waals surface area contributed by atoms with Crippen molar-refractivity contribution in [2.24, 2.45) is 4.99 Å². The largest absolute Gasteiger partial charge is 0.497 e. The summed E-state index contributed by atoms with van der Waals surface area (Å²) in [5.41, 5.74) is 2.21. The van der Waals surface area contributed by atoms with Crippen LogP contribution >= 0.6 is 24.0 Å². The third kappa shape index (κ3) is 5.72. The lowest BCUT2D eigenvalue weighted by atomic mass is 10.2. The molecule has 7 heteroatoms. The van der Waals surface area contributed by atoms with E-state index in [2.05, 4.69) is 32.2 Å². The van der Waals surface area contributed by atoms with Gasteiger partial charge in [-0.3, -0.25) is 4.99 Å². The summed E-state index contributed by atoms with van der Waals surface area (Å²) in [7, 11) is 3.48. The van der Waals surface area contributed by atoms with Crippen molar-refractivity contribution < 1.29 is 9.13 Å². The molecule has 2 aromatic rings. The summed E-state index contributed by atoms with van der Waals surface area (Å²) < 4.78 is 18.3. The Morgan fingerprint density at radius 2 is 1.81 bits per heavy atom. The monoisotopic (exact) mass is 484 g/mol. The Morgan fingerprint density at radius 3 is 2.44 bits per heavy atom. The van der Waals surface area contributed by atoms with Crippen molar-refractivity contribution in [1.29, 1.82) is 0 Å². The van der Waals surface area contributed by atoms with Gasteiger partial charge in [-0.15, -0.1) is 24.0 Å². The van der Waals surface area contributed by atoms with Gasteiger partial charge < -0.3 is 19.9 Å². The van der Waals surface area contributed by atoms with Gasteiger partial charge in [0.05, 0.1) is 7.11 Å². The molecule has 0 radical (unpaired) electrons. The predicted octanol–water partition coefficient (Wildman–Crippen LogP) is 3.35. The molecule has 0 saturated carbocycles. The number of halogens is 2. The molecule has 1 aliphatic heterocycles. The molecule has 0 unspecified atom stereocenters. The van der Waals surface area contributed by atoms with Crippen LogP contribution in [-0.4, -0.2) is 51.2 Å². The van der Waals surface area contributed by atoms with E-state index in [-0.39, 0.29) is 29.8 Å². The van der Waals surface area contributed by atoms with Gasteiger partial charge in [-0.2, -0.15) is 0 Å². The molecule has 1 saturated heterocycles. The third-order valence-electron chi connectivity index (χ3n) is 4.57. The van der Waals surface area contributed by atoms with Crippen molar-refractivity contribution in [3.8, 4) is 5.75 Å². The number of rotatable bonds is 4. The minimum atomic E-state index is -0.216. The number of benzene rings is 2. The lowest BCUT2D eigenvalue weighted by Crippen LogP contribution is -2.52. The van der Waals surface area contributed by atoms with E-state index in [0.717, 1.165) is 43.5 Å².